The summed E-state index contributed by atoms with van der Waals surface area (Å²) >= 11 is 6.28. The maximum atomic E-state index is 12.5. The molecule has 5 heteroatoms. The van der Waals surface area contributed by atoms with E-state index in [-0.39, 0.29) is 35.1 Å². The average Bonchev–Trinajstić information content (AvgIpc) is 2.41. The van der Waals surface area contributed by atoms with Crippen molar-refractivity contribution in [1.82, 2.24) is 10.6 Å². The first-order chi connectivity index (χ1) is 10.3. The molecule has 1 heterocycles. The summed E-state index contributed by atoms with van der Waals surface area (Å²) in [6.07, 6.45) is 2.68. The van der Waals surface area contributed by atoms with Crippen molar-refractivity contribution in [3.63, 3.8) is 0 Å². The molecule has 2 N–H and O–H groups in total. The van der Waals surface area contributed by atoms with Gasteiger partial charge in [-0.25, -0.2) is 0 Å². The number of piperidine rings is 1. The molecule has 1 saturated heterocycles. The molecule has 2 aliphatic rings. The summed E-state index contributed by atoms with van der Waals surface area (Å²) in [6.45, 7) is 8.84. The molecule has 0 bridgehead atoms. The number of halogens is 1. The fourth-order valence-corrected chi connectivity index (χ4v) is 4.44. The van der Waals surface area contributed by atoms with Gasteiger partial charge in [0.05, 0.1) is 5.92 Å². The standard InChI is InChI=1S/C17H29ClN2O2/c1-9-6-13(18)7-14(12(9)4)16(21)19-8-15-10(2)5-11(3)20-17(15)22/h9-15H,5-8H2,1-4H3,(H,19,21)(H,20,22). The summed E-state index contributed by atoms with van der Waals surface area (Å²) in [7, 11) is 0. The Morgan fingerprint density at radius 2 is 1.86 bits per heavy atom. The highest BCUT2D eigenvalue weighted by Gasteiger charge is 2.37. The molecule has 0 radical (unpaired) electrons. The molecule has 1 saturated carbocycles. The molecule has 4 nitrogen and oxygen atoms in total. The van der Waals surface area contributed by atoms with Crippen LogP contribution in [-0.4, -0.2) is 29.8 Å². The van der Waals surface area contributed by atoms with E-state index < -0.39 is 0 Å². The van der Waals surface area contributed by atoms with Crippen LogP contribution in [0.2, 0.25) is 0 Å². The maximum Gasteiger partial charge on any atom is 0.225 e. The number of alkyl halides is 1. The molecule has 1 aliphatic heterocycles. The molecule has 1 aliphatic carbocycles. The summed E-state index contributed by atoms with van der Waals surface area (Å²) in [6, 6.07) is 0.227. The molecule has 126 valence electrons. The van der Waals surface area contributed by atoms with Crippen LogP contribution >= 0.6 is 11.6 Å². The van der Waals surface area contributed by atoms with Gasteiger partial charge in [-0.05, 0) is 43.9 Å². The van der Waals surface area contributed by atoms with Gasteiger partial charge in [-0.15, -0.1) is 11.6 Å². The third kappa shape index (κ3) is 3.95. The van der Waals surface area contributed by atoms with E-state index in [9.17, 15) is 9.59 Å². The molecule has 0 aromatic rings. The van der Waals surface area contributed by atoms with Crippen LogP contribution in [-0.2, 0) is 9.59 Å². The average molecular weight is 329 g/mol. The number of carbonyl (C=O) groups excluding carboxylic acids is 2. The van der Waals surface area contributed by atoms with Crippen LogP contribution in [0.1, 0.15) is 47.0 Å². The van der Waals surface area contributed by atoms with Gasteiger partial charge in [-0.2, -0.15) is 0 Å². The van der Waals surface area contributed by atoms with Crippen LogP contribution in [0.15, 0.2) is 0 Å². The highest BCUT2D eigenvalue weighted by molar-refractivity contribution is 6.20. The van der Waals surface area contributed by atoms with Crippen molar-refractivity contribution in [2.24, 2.45) is 29.6 Å². The number of rotatable bonds is 3. The van der Waals surface area contributed by atoms with Crippen LogP contribution in [0.4, 0.5) is 0 Å². The minimum Gasteiger partial charge on any atom is -0.355 e. The first-order valence-electron chi connectivity index (χ1n) is 8.51. The van der Waals surface area contributed by atoms with Gasteiger partial charge in [0.25, 0.3) is 0 Å². The molecule has 22 heavy (non-hydrogen) atoms. The Hall–Kier alpha value is -0.770. The van der Waals surface area contributed by atoms with Crippen molar-refractivity contribution < 1.29 is 9.59 Å². The number of nitrogens with one attached hydrogen (secondary N) is 2. The van der Waals surface area contributed by atoms with Gasteiger partial charge in [0.2, 0.25) is 11.8 Å². The third-order valence-corrected chi connectivity index (χ3v) is 6.00. The lowest BCUT2D eigenvalue weighted by Crippen LogP contribution is -2.51. The Balaban J connectivity index is 1.90. The first-order valence-corrected chi connectivity index (χ1v) is 8.95. The normalized spacial score (nSPS) is 42.6. The topological polar surface area (TPSA) is 58.2 Å². The van der Waals surface area contributed by atoms with Gasteiger partial charge in [-0.1, -0.05) is 20.8 Å². The number of hydrogen-bond acceptors (Lipinski definition) is 2. The molecule has 0 spiro atoms. The minimum absolute atomic E-state index is 0.0351. The Morgan fingerprint density at radius 1 is 1.18 bits per heavy atom. The fraction of sp³-hybridized carbons (Fsp3) is 0.882. The van der Waals surface area contributed by atoms with Crippen LogP contribution in [0.25, 0.3) is 0 Å². The predicted molar refractivity (Wildman–Crippen MR) is 88.6 cm³/mol. The number of carbonyl (C=O) groups is 2. The van der Waals surface area contributed by atoms with Crippen molar-refractivity contribution in [3.8, 4) is 0 Å². The SMILES string of the molecule is CC1CC(C)C(CNC(=O)C2CC(Cl)CC(C)C2C)C(=O)N1. The van der Waals surface area contributed by atoms with Crippen molar-refractivity contribution in [1.29, 1.82) is 0 Å². The highest BCUT2D eigenvalue weighted by Crippen LogP contribution is 2.37. The molecule has 2 fully saturated rings. The first kappa shape index (κ1) is 17.6. The lowest BCUT2D eigenvalue weighted by atomic mass is 9.73. The minimum atomic E-state index is -0.122. The van der Waals surface area contributed by atoms with E-state index in [4.69, 9.17) is 11.6 Å². The van der Waals surface area contributed by atoms with E-state index in [0.29, 0.717) is 24.3 Å². The summed E-state index contributed by atoms with van der Waals surface area (Å²) in [5, 5.41) is 6.07. The molecular weight excluding hydrogens is 300 g/mol. The largest absolute Gasteiger partial charge is 0.355 e. The predicted octanol–water partition coefficient (Wildman–Crippen LogP) is 2.55. The smallest absolute Gasteiger partial charge is 0.225 e. The highest BCUT2D eigenvalue weighted by atomic mass is 35.5. The summed E-state index contributed by atoms with van der Waals surface area (Å²) in [5.41, 5.74) is 0. The quantitative estimate of drug-likeness (QED) is 0.782. The van der Waals surface area contributed by atoms with Crippen molar-refractivity contribution in [2.75, 3.05) is 6.54 Å². The summed E-state index contributed by atoms with van der Waals surface area (Å²) in [4.78, 5) is 24.6. The van der Waals surface area contributed by atoms with Crippen LogP contribution < -0.4 is 10.6 Å². The van der Waals surface area contributed by atoms with Crippen LogP contribution in [0.3, 0.4) is 0 Å². The van der Waals surface area contributed by atoms with E-state index >= 15 is 0 Å². The molecular formula is C17H29ClN2O2. The van der Waals surface area contributed by atoms with E-state index in [1.807, 2.05) is 6.92 Å². The summed E-state index contributed by atoms with van der Waals surface area (Å²) in [5.74, 6) is 1.07. The summed E-state index contributed by atoms with van der Waals surface area (Å²) < 4.78 is 0. The van der Waals surface area contributed by atoms with Gasteiger partial charge < -0.3 is 10.6 Å². The lowest BCUT2D eigenvalue weighted by molar-refractivity contribution is -0.131. The second kappa shape index (κ2) is 7.20. The second-order valence-corrected chi connectivity index (χ2v) is 8.10. The van der Waals surface area contributed by atoms with E-state index in [1.54, 1.807) is 0 Å². The van der Waals surface area contributed by atoms with Gasteiger partial charge in [0.1, 0.15) is 0 Å². The van der Waals surface area contributed by atoms with Crippen molar-refractivity contribution in [2.45, 2.75) is 58.4 Å². The fourth-order valence-electron chi connectivity index (χ4n) is 3.97. The van der Waals surface area contributed by atoms with Gasteiger partial charge in [0, 0.05) is 23.9 Å². The van der Waals surface area contributed by atoms with Gasteiger partial charge in [-0.3, -0.25) is 9.59 Å². The van der Waals surface area contributed by atoms with Gasteiger partial charge >= 0.3 is 0 Å². The Kier molecular flexibility index (Phi) is 5.76. The molecule has 0 aromatic heterocycles. The van der Waals surface area contributed by atoms with E-state index in [1.165, 1.54) is 0 Å². The molecule has 0 aromatic carbocycles. The molecule has 2 rings (SSSR count). The zero-order valence-electron chi connectivity index (χ0n) is 14.1. The maximum absolute atomic E-state index is 12.5. The molecule has 7 atom stereocenters. The second-order valence-electron chi connectivity index (χ2n) is 7.49. The third-order valence-electron chi connectivity index (χ3n) is 5.64. The molecule has 7 unspecified atom stereocenters. The number of hydrogen-bond donors (Lipinski definition) is 2. The Labute approximate surface area is 138 Å². The van der Waals surface area contributed by atoms with Crippen molar-refractivity contribution >= 4 is 23.4 Å². The van der Waals surface area contributed by atoms with Crippen LogP contribution in [0.5, 0.6) is 0 Å². The Morgan fingerprint density at radius 3 is 2.50 bits per heavy atom. The van der Waals surface area contributed by atoms with Crippen LogP contribution in [0, 0.1) is 29.6 Å². The number of amides is 2. The molecule has 2 amide bonds. The lowest BCUT2D eigenvalue weighted by Gasteiger charge is -2.37. The van der Waals surface area contributed by atoms with Crippen molar-refractivity contribution in [3.05, 3.63) is 0 Å². The Bertz CT molecular complexity index is 429. The van der Waals surface area contributed by atoms with Gasteiger partial charge in [0.15, 0.2) is 0 Å². The zero-order valence-corrected chi connectivity index (χ0v) is 14.8. The van der Waals surface area contributed by atoms with E-state index in [0.717, 1.165) is 19.3 Å². The zero-order chi connectivity index (χ0) is 16.4. The monoisotopic (exact) mass is 328 g/mol. The van der Waals surface area contributed by atoms with E-state index in [2.05, 4.69) is 31.4 Å².